The van der Waals surface area contributed by atoms with E-state index < -0.39 is 0 Å². The second-order valence-corrected chi connectivity index (χ2v) is 5.69. The van der Waals surface area contributed by atoms with Crippen molar-refractivity contribution in [3.63, 3.8) is 0 Å². The second-order valence-electron chi connectivity index (χ2n) is 4.77. The molecule has 5 heteroatoms. The fraction of sp³-hybridized carbons (Fsp3) is 0.500. The summed E-state index contributed by atoms with van der Waals surface area (Å²) in [7, 11) is 1.84. The maximum atomic E-state index is 12.1. The van der Waals surface area contributed by atoms with E-state index in [1.165, 1.54) is 0 Å². The van der Waals surface area contributed by atoms with E-state index in [0.29, 0.717) is 6.42 Å². The van der Waals surface area contributed by atoms with Crippen LogP contribution in [0.1, 0.15) is 6.42 Å². The molecule has 0 atom stereocenters. The molecule has 0 radical (unpaired) electrons. The van der Waals surface area contributed by atoms with Crippen LogP contribution in [0.25, 0.3) is 0 Å². The quantitative estimate of drug-likeness (QED) is 0.915. The molecule has 0 aliphatic carbocycles. The van der Waals surface area contributed by atoms with Gasteiger partial charge in [0, 0.05) is 56.4 Å². The minimum absolute atomic E-state index is 0.167. The van der Waals surface area contributed by atoms with Crippen molar-refractivity contribution < 1.29 is 4.79 Å². The Morgan fingerprint density at radius 3 is 2.58 bits per heavy atom. The van der Waals surface area contributed by atoms with E-state index >= 15 is 0 Å². The SMILES string of the molecule is CN(C(=O)CCN1CCNCC1)c1ccc(Br)cc1. The van der Waals surface area contributed by atoms with Crippen molar-refractivity contribution in [1.82, 2.24) is 10.2 Å². The third kappa shape index (κ3) is 4.30. The topological polar surface area (TPSA) is 35.6 Å². The summed E-state index contributed by atoms with van der Waals surface area (Å²) in [5.41, 5.74) is 0.938. The van der Waals surface area contributed by atoms with Crippen LogP contribution in [0, 0.1) is 0 Å². The number of amides is 1. The molecule has 0 spiro atoms. The normalized spacial score (nSPS) is 16.3. The summed E-state index contributed by atoms with van der Waals surface area (Å²) in [6.45, 7) is 4.97. The number of halogens is 1. The predicted octanol–water partition coefficient (Wildman–Crippen LogP) is 1.71. The number of piperazine rings is 1. The second kappa shape index (κ2) is 7.03. The molecular weight excluding hydrogens is 306 g/mol. The predicted molar refractivity (Wildman–Crippen MR) is 81.5 cm³/mol. The third-order valence-corrected chi connectivity index (χ3v) is 3.97. The van der Waals surface area contributed by atoms with Crippen LogP contribution in [0.4, 0.5) is 5.69 Å². The monoisotopic (exact) mass is 325 g/mol. The highest BCUT2D eigenvalue weighted by atomic mass is 79.9. The van der Waals surface area contributed by atoms with Gasteiger partial charge in [-0.15, -0.1) is 0 Å². The molecule has 0 unspecified atom stereocenters. The van der Waals surface area contributed by atoms with Crippen LogP contribution in [0.5, 0.6) is 0 Å². The maximum Gasteiger partial charge on any atom is 0.228 e. The number of nitrogens with zero attached hydrogens (tertiary/aromatic N) is 2. The number of carbonyl (C=O) groups excluding carboxylic acids is 1. The van der Waals surface area contributed by atoms with Gasteiger partial charge in [0.1, 0.15) is 0 Å². The lowest BCUT2D eigenvalue weighted by atomic mass is 10.2. The molecule has 19 heavy (non-hydrogen) atoms. The largest absolute Gasteiger partial charge is 0.315 e. The number of benzene rings is 1. The summed E-state index contributed by atoms with van der Waals surface area (Å²) < 4.78 is 1.03. The van der Waals surface area contributed by atoms with Gasteiger partial charge in [-0.25, -0.2) is 0 Å². The van der Waals surface area contributed by atoms with Crippen molar-refractivity contribution in [2.24, 2.45) is 0 Å². The molecule has 1 N–H and O–H groups in total. The lowest BCUT2D eigenvalue weighted by Crippen LogP contribution is -2.44. The molecule has 1 heterocycles. The Balaban J connectivity index is 1.83. The van der Waals surface area contributed by atoms with Gasteiger partial charge in [-0.3, -0.25) is 4.79 Å². The van der Waals surface area contributed by atoms with Crippen molar-refractivity contribution in [3.8, 4) is 0 Å². The van der Waals surface area contributed by atoms with Crippen molar-refractivity contribution >= 4 is 27.5 Å². The summed E-state index contributed by atoms with van der Waals surface area (Å²) in [6, 6.07) is 7.81. The highest BCUT2D eigenvalue weighted by Gasteiger charge is 2.14. The Morgan fingerprint density at radius 1 is 1.32 bits per heavy atom. The molecule has 4 nitrogen and oxygen atoms in total. The number of nitrogens with one attached hydrogen (secondary N) is 1. The van der Waals surface area contributed by atoms with E-state index in [1.807, 2.05) is 31.3 Å². The van der Waals surface area contributed by atoms with Crippen LogP contribution in [-0.4, -0.2) is 50.6 Å². The van der Waals surface area contributed by atoms with E-state index in [4.69, 9.17) is 0 Å². The summed E-state index contributed by atoms with van der Waals surface area (Å²) >= 11 is 3.40. The van der Waals surface area contributed by atoms with E-state index in [0.717, 1.165) is 42.9 Å². The first kappa shape index (κ1) is 14.5. The molecule has 1 aromatic carbocycles. The number of rotatable bonds is 4. The summed E-state index contributed by atoms with van der Waals surface area (Å²) in [5, 5.41) is 3.31. The van der Waals surface area contributed by atoms with Gasteiger partial charge in [0.25, 0.3) is 0 Å². The fourth-order valence-electron chi connectivity index (χ4n) is 2.16. The Labute approximate surface area is 122 Å². The summed E-state index contributed by atoms with van der Waals surface area (Å²) in [6.07, 6.45) is 0.576. The molecule has 0 bridgehead atoms. The minimum atomic E-state index is 0.167. The molecule has 1 aliphatic heterocycles. The molecule has 1 fully saturated rings. The van der Waals surface area contributed by atoms with Crippen LogP contribution in [0.2, 0.25) is 0 Å². The molecule has 1 saturated heterocycles. The van der Waals surface area contributed by atoms with Gasteiger partial charge in [0.05, 0.1) is 0 Å². The van der Waals surface area contributed by atoms with Gasteiger partial charge in [0.15, 0.2) is 0 Å². The molecule has 1 amide bonds. The van der Waals surface area contributed by atoms with E-state index in [1.54, 1.807) is 4.90 Å². The fourth-order valence-corrected chi connectivity index (χ4v) is 2.43. The zero-order valence-corrected chi connectivity index (χ0v) is 12.8. The van der Waals surface area contributed by atoms with Gasteiger partial charge in [-0.1, -0.05) is 15.9 Å². The molecule has 104 valence electrons. The van der Waals surface area contributed by atoms with Crippen molar-refractivity contribution in [3.05, 3.63) is 28.7 Å². The molecule has 0 saturated carbocycles. The van der Waals surface area contributed by atoms with Gasteiger partial charge >= 0.3 is 0 Å². The molecule has 1 aliphatic rings. The van der Waals surface area contributed by atoms with Crippen molar-refractivity contribution in [2.45, 2.75) is 6.42 Å². The Kier molecular flexibility index (Phi) is 5.36. The molecular formula is C14H20BrN3O. The minimum Gasteiger partial charge on any atom is -0.315 e. The number of anilines is 1. The van der Waals surface area contributed by atoms with E-state index in [-0.39, 0.29) is 5.91 Å². The average molecular weight is 326 g/mol. The Bertz CT molecular complexity index is 415. The lowest BCUT2D eigenvalue weighted by molar-refractivity contribution is -0.118. The highest BCUT2D eigenvalue weighted by Crippen LogP contribution is 2.17. The smallest absolute Gasteiger partial charge is 0.228 e. The van der Waals surface area contributed by atoms with Crippen molar-refractivity contribution in [1.29, 1.82) is 0 Å². The van der Waals surface area contributed by atoms with E-state index in [9.17, 15) is 4.79 Å². The number of carbonyl (C=O) groups is 1. The van der Waals surface area contributed by atoms with Gasteiger partial charge in [0.2, 0.25) is 5.91 Å². The lowest BCUT2D eigenvalue weighted by Gasteiger charge is -2.27. The maximum absolute atomic E-state index is 12.1. The summed E-state index contributed by atoms with van der Waals surface area (Å²) in [5.74, 6) is 0.167. The van der Waals surface area contributed by atoms with E-state index in [2.05, 4.69) is 26.1 Å². The number of hydrogen-bond donors (Lipinski definition) is 1. The van der Waals surface area contributed by atoms with Crippen LogP contribution in [0.15, 0.2) is 28.7 Å². The zero-order chi connectivity index (χ0) is 13.7. The zero-order valence-electron chi connectivity index (χ0n) is 11.2. The van der Waals surface area contributed by atoms with Crippen LogP contribution < -0.4 is 10.2 Å². The number of hydrogen-bond acceptors (Lipinski definition) is 3. The summed E-state index contributed by atoms with van der Waals surface area (Å²) in [4.78, 5) is 16.2. The van der Waals surface area contributed by atoms with Gasteiger partial charge in [-0.05, 0) is 24.3 Å². The highest BCUT2D eigenvalue weighted by molar-refractivity contribution is 9.10. The van der Waals surface area contributed by atoms with Crippen molar-refractivity contribution in [2.75, 3.05) is 44.7 Å². The Hall–Kier alpha value is -0.910. The van der Waals surface area contributed by atoms with Crippen LogP contribution in [-0.2, 0) is 4.79 Å². The van der Waals surface area contributed by atoms with Gasteiger partial charge in [-0.2, -0.15) is 0 Å². The third-order valence-electron chi connectivity index (χ3n) is 3.44. The first-order chi connectivity index (χ1) is 9.16. The standard InChI is InChI=1S/C14H20BrN3O/c1-17(13-4-2-12(15)3-5-13)14(19)6-9-18-10-7-16-8-11-18/h2-5,16H,6-11H2,1H3. The first-order valence-electron chi connectivity index (χ1n) is 6.62. The Morgan fingerprint density at radius 2 is 1.95 bits per heavy atom. The molecule has 2 rings (SSSR count). The first-order valence-corrected chi connectivity index (χ1v) is 7.41. The van der Waals surface area contributed by atoms with Crippen LogP contribution >= 0.6 is 15.9 Å². The van der Waals surface area contributed by atoms with Crippen LogP contribution in [0.3, 0.4) is 0 Å². The molecule has 1 aromatic rings. The van der Waals surface area contributed by atoms with Gasteiger partial charge < -0.3 is 15.1 Å². The average Bonchev–Trinajstić information content (AvgIpc) is 2.46. The molecule has 0 aromatic heterocycles.